The third-order valence-corrected chi connectivity index (χ3v) is 5.68. The molecule has 2 amide bonds. The predicted molar refractivity (Wildman–Crippen MR) is 125 cm³/mol. The fourth-order valence-corrected chi connectivity index (χ4v) is 4.05. The molecule has 1 heterocycles. The molecule has 0 N–H and O–H groups in total. The minimum absolute atomic E-state index is 0.131. The van der Waals surface area contributed by atoms with E-state index >= 15 is 0 Å². The number of benzene rings is 3. The highest BCUT2D eigenvalue weighted by Gasteiger charge is 2.36. The number of thioether (sulfide) groups is 1. The van der Waals surface area contributed by atoms with Crippen molar-refractivity contribution in [1.29, 1.82) is 0 Å². The van der Waals surface area contributed by atoms with Crippen LogP contribution in [0.1, 0.15) is 10.4 Å². The van der Waals surface area contributed by atoms with E-state index in [0.29, 0.717) is 11.3 Å². The summed E-state index contributed by atoms with van der Waals surface area (Å²) < 4.78 is 4.63. The molecule has 32 heavy (non-hydrogen) atoms. The lowest BCUT2D eigenvalue weighted by molar-refractivity contribution is -0.135. The molecule has 3 aromatic rings. The Labute approximate surface area is 189 Å². The monoisotopic (exact) mass is 442 g/mol. The molecule has 1 aliphatic rings. The van der Waals surface area contributed by atoms with Gasteiger partial charge in [0.05, 0.1) is 17.7 Å². The molecule has 7 heteroatoms. The molecule has 158 valence electrons. The zero-order valence-corrected chi connectivity index (χ0v) is 17.9. The third kappa shape index (κ3) is 4.53. The number of amides is 2. The van der Waals surface area contributed by atoms with Crippen LogP contribution in [0.15, 0.2) is 101 Å². The van der Waals surface area contributed by atoms with Crippen LogP contribution in [0.25, 0.3) is 11.1 Å². The van der Waals surface area contributed by atoms with Gasteiger partial charge in [-0.05, 0) is 47.2 Å². The Morgan fingerprint density at radius 2 is 1.47 bits per heavy atom. The zero-order chi connectivity index (χ0) is 22.5. The summed E-state index contributed by atoms with van der Waals surface area (Å²) in [6.45, 7) is 0. The van der Waals surface area contributed by atoms with E-state index in [0.717, 1.165) is 29.0 Å². The summed E-state index contributed by atoms with van der Waals surface area (Å²) in [5, 5.41) is 0.175. The lowest BCUT2D eigenvalue weighted by atomic mass is 10.0. The van der Waals surface area contributed by atoms with E-state index in [4.69, 9.17) is 0 Å². The molecule has 1 aliphatic heterocycles. The Balaban J connectivity index is 1.65. The molecule has 0 atom stereocenters. The highest BCUT2D eigenvalue weighted by Crippen LogP contribution is 2.35. The van der Waals surface area contributed by atoms with Crippen LogP contribution in [0.3, 0.4) is 0 Å². The average Bonchev–Trinajstić information content (AvgIpc) is 3.14. The fourth-order valence-electron chi connectivity index (χ4n) is 3.11. The summed E-state index contributed by atoms with van der Waals surface area (Å²) in [5.74, 6) is -1.59. The molecule has 6 nitrogen and oxygen atoms in total. The molecular formula is C25H18N2O4S. The molecule has 0 radical (unpaired) electrons. The van der Waals surface area contributed by atoms with Crippen molar-refractivity contribution in [3.63, 3.8) is 0 Å². The van der Waals surface area contributed by atoms with Gasteiger partial charge in [0.25, 0.3) is 11.8 Å². The minimum Gasteiger partial charge on any atom is -0.466 e. The minimum atomic E-state index is -0.655. The van der Waals surface area contributed by atoms with Crippen molar-refractivity contribution in [3.8, 4) is 11.1 Å². The maximum absolute atomic E-state index is 12.9. The van der Waals surface area contributed by atoms with Gasteiger partial charge in [-0.3, -0.25) is 14.5 Å². The topological polar surface area (TPSA) is 76.0 Å². The first-order chi connectivity index (χ1) is 15.6. The highest BCUT2D eigenvalue weighted by molar-refractivity contribution is 8.19. The van der Waals surface area contributed by atoms with Crippen molar-refractivity contribution in [2.24, 2.45) is 4.99 Å². The van der Waals surface area contributed by atoms with E-state index in [2.05, 4.69) is 9.73 Å². The van der Waals surface area contributed by atoms with E-state index < -0.39 is 17.8 Å². The van der Waals surface area contributed by atoms with Gasteiger partial charge in [0.15, 0.2) is 5.17 Å². The number of anilines is 1. The van der Waals surface area contributed by atoms with E-state index in [1.165, 1.54) is 12.0 Å². The maximum atomic E-state index is 12.9. The van der Waals surface area contributed by atoms with Crippen LogP contribution in [0, 0.1) is 0 Å². The first-order valence-corrected chi connectivity index (χ1v) is 10.5. The molecule has 0 bridgehead atoms. The summed E-state index contributed by atoms with van der Waals surface area (Å²) in [7, 11) is 1.23. The Morgan fingerprint density at radius 1 is 0.875 bits per heavy atom. The largest absolute Gasteiger partial charge is 0.466 e. The fraction of sp³-hybridized carbons (Fsp3) is 0.0400. The van der Waals surface area contributed by atoms with Crippen molar-refractivity contribution < 1.29 is 19.1 Å². The Bertz CT molecular complexity index is 1220. The Hall–Kier alpha value is -3.97. The van der Waals surface area contributed by atoms with Crippen molar-refractivity contribution >= 4 is 40.4 Å². The molecule has 1 saturated heterocycles. The van der Waals surface area contributed by atoms with Crippen molar-refractivity contribution in [2.45, 2.75) is 0 Å². The predicted octanol–water partition coefficient (Wildman–Crippen LogP) is 4.69. The number of hydrogen-bond acceptors (Lipinski definition) is 5. The molecule has 0 spiro atoms. The van der Waals surface area contributed by atoms with Crippen LogP contribution in [-0.4, -0.2) is 30.1 Å². The number of hydrogen-bond donors (Lipinski definition) is 0. The van der Waals surface area contributed by atoms with E-state index in [1.807, 2.05) is 48.5 Å². The normalized spacial score (nSPS) is 15.9. The second-order valence-electron chi connectivity index (χ2n) is 6.75. The van der Waals surface area contributed by atoms with Crippen LogP contribution in [0.2, 0.25) is 0 Å². The molecule has 1 fully saturated rings. The van der Waals surface area contributed by atoms with Gasteiger partial charge >= 0.3 is 5.97 Å². The summed E-state index contributed by atoms with van der Waals surface area (Å²) in [6.07, 6.45) is 1.10. The van der Waals surface area contributed by atoms with Crippen LogP contribution in [0.4, 0.5) is 5.69 Å². The van der Waals surface area contributed by atoms with Crippen molar-refractivity contribution in [2.75, 3.05) is 12.0 Å². The van der Waals surface area contributed by atoms with Crippen LogP contribution in [0.5, 0.6) is 0 Å². The highest BCUT2D eigenvalue weighted by atomic mass is 32.2. The van der Waals surface area contributed by atoms with E-state index in [-0.39, 0.29) is 10.1 Å². The zero-order valence-electron chi connectivity index (χ0n) is 17.1. The molecule has 4 rings (SSSR count). The van der Waals surface area contributed by atoms with Gasteiger partial charge in [0, 0.05) is 11.6 Å². The number of methoxy groups -OCH3 is 1. The molecule has 0 saturated carbocycles. The number of para-hydroxylation sites is 1. The van der Waals surface area contributed by atoms with Crippen LogP contribution < -0.4 is 4.90 Å². The number of esters is 1. The number of carbonyl (C=O) groups excluding carboxylic acids is 3. The van der Waals surface area contributed by atoms with Gasteiger partial charge in [0.1, 0.15) is 0 Å². The summed E-state index contributed by atoms with van der Waals surface area (Å²) in [5.41, 5.74) is 2.96. The number of carbonyl (C=O) groups is 3. The summed E-state index contributed by atoms with van der Waals surface area (Å²) in [4.78, 5) is 43.1. The first-order valence-electron chi connectivity index (χ1n) is 9.72. The third-order valence-electron chi connectivity index (χ3n) is 4.71. The van der Waals surface area contributed by atoms with E-state index in [1.54, 1.807) is 36.4 Å². The number of nitrogens with zero attached hydrogens (tertiary/aromatic N) is 2. The van der Waals surface area contributed by atoms with Crippen molar-refractivity contribution in [3.05, 3.63) is 101 Å². The van der Waals surface area contributed by atoms with Crippen LogP contribution >= 0.6 is 11.8 Å². The smallest absolute Gasteiger partial charge is 0.331 e. The summed E-state index contributed by atoms with van der Waals surface area (Å²) in [6, 6.07) is 25.8. The van der Waals surface area contributed by atoms with E-state index in [9.17, 15) is 14.4 Å². The quantitative estimate of drug-likeness (QED) is 0.433. The molecule has 0 aromatic heterocycles. The van der Waals surface area contributed by atoms with Gasteiger partial charge in [-0.1, -0.05) is 60.7 Å². The summed E-state index contributed by atoms with van der Waals surface area (Å²) >= 11 is 0.954. The van der Waals surface area contributed by atoms with Gasteiger partial charge in [-0.15, -0.1) is 0 Å². The number of rotatable bonds is 4. The number of ether oxygens (including phenoxy) is 1. The lowest BCUT2D eigenvalue weighted by Gasteiger charge is -2.15. The second-order valence-corrected chi connectivity index (χ2v) is 7.76. The standard InChI is InChI=1S/C25H18N2O4S/c1-31-22(28)16-21-24(30)27(20-10-6-3-7-11-20)25(32-21)26-23(29)19-14-12-18(13-15-19)17-8-4-2-5-9-17/h2-16H,1H3. The van der Waals surface area contributed by atoms with Gasteiger partial charge in [-0.2, -0.15) is 4.99 Å². The van der Waals surface area contributed by atoms with Gasteiger partial charge in [-0.25, -0.2) is 4.79 Å². The second kappa shape index (κ2) is 9.45. The Kier molecular flexibility index (Phi) is 6.28. The number of aliphatic imine (C=N–C) groups is 1. The lowest BCUT2D eigenvalue weighted by Crippen LogP contribution is -2.29. The van der Waals surface area contributed by atoms with Gasteiger partial charge < -0.3 is 4.74 Å². The molecule has 3 aromatic carbocycles. The van der Waals surface area contributed by atoms with Crippen molar-refractivity contribution in [1.82, 2.24) is 0 Å². The molecular weight excluding hydrogens is 424 g/mol. The Morgan fingerprint density at radius 3 is 2.09 bits per heavy atom. The van der Waals surface area contributed by atoms with Crippen LogP contribution in [-0.2, 0) is 14.3 Å². The molecule has 0 aliphatic carbocycles. The van der Waals surface area contributed by atoms with Gasteiger partial charge in [0.2, 0.25) is 0 Å². The molecule has 0 unspecified atom stereocenters. The average molecular weight is 442 g/mol. The first kappa shape index (κ1) is 21.3. The number of amidine groups is 1. The maximum Gasteiger partial charge on any atom is 0.331 e. The SMILES string of the molecule is COC(=O)C=C1SC(=NC(=O)c2ccc(-c3ccccc3)cc2)N(c2ccccc2)C1=O.